The Morgan fingerprint density at radius 2 is 1.50 bits per heavy atom. The summed E-state index contributed by atoms with van der Waals surface area (Å²) in [7, 11) is 0. The zero-order valence-electron chi connectivity index (χ0n) is 4.22. The zero-order chi connectivity index (χ0) is 8.58. The topological polar surface area (TPSA) is 57.5 Å². The van der Waals surface area contributed by atoms with Crippen LogP contribution in [-0.2, 0) is 11.1 Å². The van der Waals surface area contributed by atoms with Crippen molar-refractivity contribution in [2.75, 3.05) is 0 Å². The van der Waals surface area contributed by atoms with Gasteiger partial charge in [-0.2, -0.15) is 17.6 Å². The minimum Gasteiger partial charge on any atom is -0.331 e. The van der Waals surface area contributed by atoms with Crippen LogP contribution in [-0.4, -0.2) is 25.2 Å². The maximum absolute atomic E-state index is 11.5. The van der Waals surface area contributed by atoms with Crippen LogP contribution in [0.1, 0.15) is 0 Å². The van der Waals surface area contributed by atoms with Gasteiger partial charge in [-0.25, -0.2) is 4.21 Å². The molecule has 0 aromatic carbocycles. The van der Waals surface area contributed by atoms with Crippen LogP contribution in [0.2, 0.25) is 0 Å². The Morgan fingerprint density at radius 1 is 1.20 bits per heavy atom. The predicted octanol–water partition coefficient (Wildman–Crippen LogP) is 0.386. The molecule has 8 heteroatoms. The van der Waals surface area contributed by atoms with E-state index in [-0.39, 0.29) is 0 Å². The SMILES string of the molecule is O=S(O)C(F)(F)C(O)(F)F. The highest BCUT2D eigenvalue weighted by Gasteiger charge is 2.60. The van der Waals surface area contributed by atoms with Crippen molar-refractivity contribution in [1.82, 2.24) is 0 Å². The maximum Gasteiger partial charge on any atom is 0.433 e. The Hall–Kier alpha value is -0.210. The van der Waals surface area contributed by atoms with E-state index in [1.54, 1.807) is 0 Å². The lowest BCUT2D eigenvalue weighted by atomic mass is 10.7. The Kier molecular flexibility index (Phi) is 2.39. The van der Waals surface area contributed by atoms with Crippen LogP contribution in [0.4, 0.5) is 17.6 Å². The van der Waals surface area contributed by atoms with Crippen molar-refractivity contribution in [1.29, 1.82) is 0 Å². The molecule has 62 valence electrons. The maximum atomic E-state index is 11.5. The third kappa shape index (κ3) is 1.64. The molecule has 0 aliphatic heterocycles. The molecule has 0 aromatic heterocycles. The summed E-state index contributed by atoms with van der Waals surface area (Å²) >= 11 is -4.08. The van der Waals surface area contributed by atoms with Gasteiger partial charge >= 0.3 is 11.4 Å². The standard InChI is InChI=1S/C2H2F4O3S/c3-1(4,7)2(5,6)10(8)9/h7H,(H,8,9). The molecule has 0 bridgehead atoms. The molecule has 2 N–H and O–H groups in total. The van der Waals surface area contributed by atoms with Gasteiger partial charge in [0, 0.05) is 0 Å². The highest BCUT2D eigenvalue weighted by molar-refractivity contribution is 7.80. The molecule has 0 aliphatic rings. The smallest absolute Gasteiger partial charge is 0.331 e. The monoisotopic (exact) mass is 182 g/mol. The molecule has 1 unspecified atom stereocenters. The summed E-state index contributed by atoms with van der Waals surface area (Å²) in [5.41, 5.74) is 0. The second-order valence-corrected chi connectivity index (χ2v) is 2.32. The van der Waals surface area contributed by atoms with Crippen molar-refractivity contribution in [2.24, 2.45) is 0 Å². The van der Waals surface area contributed by atoms with E-state index in [1.807, 2.05) is 0 Å². The van der Waals surface area contributed by atoms with Crippen molar-refractivity contribution in [3.8, 4) is 0 Å². The van der Waals surface area contributed by atoms with Crippen LogP contribution in [0.5, 0.6) is 0 Å². The first-order chi connectivity index (χ1) is 4.19. The van der Waals surface area contributed by atoms with Gasteiger partial charge in [-0.15, -0.1) is 0 Å². The number of aliphatic hydroxyl groups is 1. The molecule has 0 heterocycles. The molecule has 0 saturated carbocycles. The van der Waals surface area contributed by atoms with Gasteiger partial charge in [0.25, 0.3) is 0 Å². The van der Waals surface area contributed by atoms with Gasteiger partial charge in [-0.1, -0.05) is 0 Å². The molecule has 0 aliphatic carbocycles. The lowest BCUT2D eigenvalue weighted by Gasteiger charge is -2.16. The minimum absolute atomic E-state index is 4.08. The Balaban J connectivity index is 4.57. The van der Waals surface area contributed by atoms with E-state index in [1.165, 1.54) is 0 Å². The second kappa shape index (κ2) is 2.44. The number of halogens is 4. The molecule has 3 nitrogen and oxygen atoms in total. The number of hydrogen-bond donors (Lipinski definition) is 2. The predicted molar refractivity (Wildman–Crippen MR) is 22.9 cm³/mol. The van der Waals surface area contributed by atoms with E-state index in [0.717, 1.165) is 0 Å². The van der Waals surface area contributed by atoms with E-state index >= 15 is 0 Å². The van der Waals surface area contributed by atoms with Gasteiger partial charge < -0.3 is 9.66 Å². The average molecular weight is 182 g/mol. The van der Waals surface area contributed by atoms with Crippen LogP contribution >= 0.6 is 0 Å². The van der Waals surface area contributed by atoms with Gasteiger partial charge in [-0.3, -0.25) is 0 Å². The third-order valence-corrected chi connectivity index (χ3v) is 1.25. The number of alkyl halides is 4. The first-order valence-electron chi connectivity index (χ1n) is 1.78. The summed E-state index contributed by atoms with van der Waals surface area (Å²) in [5, 5.41) is 1.97. The van der Waals surface area contributed by atoms with Crippen LogP contribution in [0, 0.1) is 0 Å². The van der Waals surface area contributed by atoms with E-state index in [9.17, 15) is 21.8 Å². The Morgan fingerprint density at radius 3 is 1.50 bits per heavy atom. The van der Waals surface area contributed by atoms with Crippen molar-refractivity contribution >= 4 is 11.1 Å². The van der Waals surface area contributed by atoms with Crippen LogP contribution < -0.4 is 0 Å². The normalized spacial score (nSPS) is 17.0. The third-order valence-electron chi connectivity index (χ3n) is 0.569. The fraction of sp³-hybridized carbons (Fsp3) is 1.00. The van der Waals surface area contributed by atoms with E-state index in [4.69, 9.17) is 9.66 Å². The van der Waals surface area contributed by atoms with E-state index in [2.05, 4.69) is 0 Å². The van der Waals surface area contributed by atoms with Gasteiger partial charge in [0.05, 0.1) is 0 Å². The molecule has 0 aromatic rings. The number of hydrogen-bond acceptors (Lipinski definition) is 2. The molecule has 0 fully saturated rings. The molecule has 1 atom stereocenters. The first-order valence-corrected chi connectivity index (χ1v) is 2.89. The van der Waals surface area contributed by atoms with Crippen molar-refractivity contribution in [2.45, 2.75) is 11.4 Å². The largest absolute Gasteiger partial charge is 0.433 e. The molecule has 10 heavy (non-hydrogen) atoms. The molecule has 0 amide bonds. The van der Waals surface area contributed by atoms with Crippen LogP contribution in [0.3, 0.4) is 0 Å². The van der Waals surface area contributed by atoms with Crippen LogP contribution in [0.15, 0.2) is 0 Å². The van der Waals surface area contributed by atoms with Gasteiger partial charge in [-0.05, 0) is 0 Å². The summed E-state index contributed by atoms with van der Waals surface area (Å²) in [5.74, 6) is 0. The summed E-state index contributed by atoms with van der Waals surface area (Å²) < 4.78 is 62.3. The van der Waals surface area contributed by atoms with Gasteiger partial charge in [0.1, 0.15) is 0 Å². The lowest BCUT2D eigenvalue weighted by Crippen LogP contribution is -2.43. The molecule has 0 spiro atoms. The Bertz CT molecular complexity index is 151. The quantitative estimate of drug-likeness (QED) is 0.479. The molecule has 0 saturated heterocycles. The number of rotatable bonds is 2. The highest BCUT2D eigenvalue weighted by Crippen LogP contribution is 2.33. The molecular weight excluding hydrogens is 180 g/mol. The lowest BCUT2D eigenvalue weighted by molar-refractivity contribution is -0.290. The first kappa shape index (κ1) is 9.79. The Labute approximate surface area is 54.9 Å². The summed E-state index contributed by atoms with van der Waals surface area (Å²) in [6.45, 7) is 0. The van der Waals surface area contributed by atoms with Crippen molar-refractivity contribution in [3.63, 3.8) is 0 Å². The fourth-order valence-electron chi connectivity index (χ4n) is 0.105. The summed E-state index contributed by atoms with van der Waals surface area (Å²) in [6.07, 6.45) is -5.47. The highest BCUT2D eigenvalue weighted by atomic mass is 32.2. The molecular formula is C2H2F4O3S. The second-order valence-electron chi connectivity index (χ2n) is 1.31. The van der Waals surface area contributed by atoms with E-state index < -0.39 is 22.4 Å². The fourth-order valence-corrected chi connectivity index (χ4v) is 0.315. The van der Waals surface area contributed by atoms with Crippen molar-refractivity contribution in [3.05, 3.63) is 0 Å². The summed E-state index contributed by atoms with van der Waals surface area (Å²) in [6, 6.07) is 0. The molecule has 0 radical (unpaired) electrons. The van der Waals surface area contributed by atoms with Crippen LogP contribution in [0.25, 0.3) is 0 Å². The zero-order valence-corrected chi connectivity index (χ0v) is 5.04. The van der Waals surface area contributed by atoms with Gasteiger partial charge in [0.2, 0.25) is 11.1 Å². The van der Waals surface area contributed by atoms with E-state index in [0.29, 0.717) is 0 Å². The summed E-state index contributed by atoms with van der Waals surface area (Å²) in [4.78, 5) is 0. The van der Waals surface area contributed by atoms with Crippen molar-refractivity contribution < 1.29 is 31.4 Å². The molecule has 0 rings (SSSR count). The van der Waals surface area contributed by atoms with Gasteiger partial charge in [0.15, 0.2) is 0 Å². The minimum atomic E-state index is -5.47. The average Bonchev–Trinajstić information content (AvgIpc) is 1.62.